The van der Waals surface area contributed by atoms with E-state index in [-0.39, 0.29) is 42.7 Å². The van der Waals surface area contributed by atoms with Crippen molar-refractivity contribution in [2.45, 2.75) is 109 Å². The predicted molar refractivity (Wildman–Crippen MR) is 219 cm³/mol. The van der Waals surface area contributed by atoms with Gasteiger partial charge in [0.2, 0.25) is 35.4 Å². The van der Waals surface area contributed by atoms with Gasteiger partial charge in [-0.1, -0.05) is 84.9 Å². The van der Waals surface area contributed by atoms with Crippen molar-refractivity contribution in [2.75, 3.05) is 32.9 Å². The fourth-order valence-electron chi connectivity index (χ4n) is 6.54. The van der Waals surface area contributed by atoms with Crippen LogP contribution in [-0.4, -0.2) is 136 Å². The Bertz CT molecular complexity index is 1710. The number of likely N-dealkylation sites (tertiary alicyclic amines) is 1. The van der Waals surface area contributed by atoms with Gasteiger partial charge in [0.05, 0.1) is 23.8 Å². The molecule has 0 radical (unpaired) electrons. The Labute approximate surface area is 344 Å². The number of aliphatic carboxylic acids is 2. The highest BCUT2D eigenvalue weighted by molar-refractivity contribution is 8.00. The summed E-state index contributed by atoms with van der Waals surface area (Å²) in [5, 5.41) is 28.7. The maximum atomic E-state index is 14.2. The molecule has 1 fully saturated rings. The second-order valence-corrected chi connectivity index (χ2v) is 17.7. The molecule has 6 amide bonds. The van der Waals surface area contributed by atoms with Crippen LogP contribution in [0.15, 0.2) is 42.0 Å². The molecule has 8 N–H and O–H groups in total. The minimum Gasteiger partial charge on any atom is -0.481 e. The maximum Gasteiger partial charge on any atom is 0.321 e. The number of nitrogens with zero attached hydrogens (tertiary/aromatic N) is 2. The van der Waals surface area contributed by atoms with Crippen LogP contribution in [0.4, 0.5) is 0 Å². The average Bonchev–Trinajstić information content (AvgIpc) is 3.41. The zero-order chi connectivity index (χ0) is 44.3. The van der Waals surface area contributed by atoms with Gasteiger partial charge in [-0.15, -0.1) is 11.8 Å². The molecule has 1 aliphatic heterocycles. The molecule has 0 aromatic heterocycles. The number of nitrogens with one attached hydrogen (secondary N) is 4. The molecule has 1 aliphatic rings. The van der Waals surface area contributed by atoms with Gasteiger partial charge in [-0.2, -0.15) is 0 Å². The van der Waals surface area contributed by atoms with Gasteiger partial charge in [0.1, 0.15) is 18.1 Å². The topological polar surface area (TPSA) is 258 Å². The summed E-state index contributed by atoms with van der Waals surface area (Å²) in [7, 11) is 3.26. The smallest absolute Gasteiger partial charge is 0.321 e. The minimum absolute atomic E-state index is 0.0836. The molecule has 0 spiro atoms. The molecule has 0 saturated carbocycles. The van der Waals surface area contributed by atoms with E-state index in [2.05, 4.69) is 21.3 Å². The van der Waals surface area contributed by atoms with Crippen LogP contribution in [0.5, 0.6) is 0 Å². The summed E-state index contributed by atoms with van der Waals surface area (Å²) in [5.74, 6) is -6.41. The van der Waals surface area contributed by atoms with Crippen molar-refractivity contribution in [1.29, 1.82) is 0 Å². The molecule has 6 atom stereocenters. The van der Waals surface area contributed by atoms with Crippen LogP contribution in [0.2, 0.25) is 0 Å². The highest BCUT2D eigenvalue weighted by atomic mass is 32.2. The summed E-state index contributed by atoms with van der Waals surface area (Å²) in [5.41, 5.74) is 5.16. The van der Waals surface area contributed by atoms with Gasteiger partial charge in [-0.05, 0) is 30.9 Å². The summed E-state index contributed by atoms with van der Waals surface area (Å²) in [6, 6.07) is 4.50. The maximum absolute atomic E-state index is 14.2. The standard InChI is InChI=1S/C40H61N7O10S/c1-22(2)27(46(10)37(55)32(39(4,5)6)45-35(53)31(42-9)40(7,8)24-14-12-11-13-15-24)18-23(3)33(51)44-26(19-30(49)50)34(52)43-16-17-47-29(48)20-28(36(47)54)58-21-25(41)38(56)57/h11-15,18,22,25-28,31-32,42H,16-17,19-21,41H2,1-10H3,(H,43,52)(H,44,51)(H,45,53)(H,49,50)(H,56,57)/b23-18+/t25-,26-,27+,28?,31+,32+/m0/s1. The summed E-state index contributed by atoms with van der Waals surface area (Å²) in [4.78, 5) is 105. The van der Waals surface area contributed by atoms with Crippen LogP contribution >= 0.6 is 11.8 Å². The van der Waals surface area contributed by atoms with Crippen LogP contribution in [-0.2, 0) is 43.8 Å². The lowest BCUT2D eigenvalue weighted by atomic mass is 9.76. The molecular weight excluding hydrogens is 771 g/mol. The first-order valence-electron chi connectivity index (χ1n) is 19.1. The van der Waals surface area contributed by atoms with Crippen LogP contribution in [0, 0.1) is 11.3 Å². The number of carbonyl (C=O) groups excluding carboxylic acids is 6. The lowest BCUT2D eigenvalue weighted by Crippen LogP contribution is -2.61. The van der Waals surface area contributed by atoms with E-state index in [9.17, 15) is 43.5 Å². The van der Waals surface area contributed by atoms with Crippen molar-refractivity contribution in [2.24, 2.45) is 17.1 Å². The van der Waals surface area contributed by atoms with Crippen LogP contribution < -0.4 is 27.0 Å². The monoisotopic (exact) mass is 831 g/mol. The largest absolute Gasteiger partial charge is 0.481 e. The zero-order valence-electron chi connectivity index (χ0n) is 35.1. The number of amides is 6. The number of carbonyl (C=O) groups is 8. The Kier molecular flexibility index (Phi) is 18.1. The first kappa shape index (κ1) is 49.3. The average molecular weight is 832 g/mol. The van der Waals surface area contributed by atoms with Gasteiger partial charge in [-0.25, -0.2) is 0 Å². The molecule has 1 unspecified atom stereocenters. The summed E-state index contributed by atoms with van der Waals surface area (Å²) in [6.45, 7) is 14.1. The third kappa shape index (κ3) is 13.4. The fraction of sp³-hybridized carbons (Fsp3) is 0.600. The van der Waals surface area contributed by atoms with E-state index in [4.69, 9.17) is 10.8 Å². The van der Waals surface area contributed by atoms with E-state index in [0.29, 0.717) is 0 Å². The number of hydrogen-bond donors (Lipinski definition) is 7. The lowest BCUT2D eigenvalue weighted by molar-refractivity contribution is -0.141. The molecular formula is C40H61N7O10S. The first-order chi connectivity index (χ1) is 26.8. The Hall–Kier alpha value is -4.81. The van der Waals surface area contributed by atoms with Crippen LogP contribution in [0.1, 0.15) is 73.8 Å². The molecule has 0 bridgehead atoms. The number of nitrogens with two attached hydrogens (primary N) is 1. The number of thioether (sulfide) groups is 1. The number of carboxylic acids is 2. The van der Waals surface area contributed by atoms with Crippen LogP contribution in [0.25, 0.3) is 0 Å². The molecule has 58 heavy (non-hydrogen) atoms. The Morgan fingerprint density at radius 3 is 2.10 bits per heavy atom. The first-order valence-corrected chi connectivity index (χ1v) is 20.1. The highest BCUT2D eigenvalue weighted by Crippen LogP contribution is 2.29. The van der Waals surface area contributed by atoms with E-state index in [1.54, 1.807) is 20.2 Å². The molecule has 1 aromatic rings. The SMILES string of the molecule is CN[C@H](C(=O)N[C@H](C(=O)N(C)[C@H](/C=C(\C)C(=O)N[C@@H](CC(=O)O)C(=O)NCCN1C(=O)CC(SC[C@H](N)C(=O)O)C1=O)C(C)C)C(C)(C)C)C(C)(C)c1ccccc1. The van der Waals surface area contributed by atoms with E-state index in [1.807, 2.05) is 78.8 Å². The third-order valence-electron chi connectivity index (χ3n) is 10.1. The van der Waals surface area contributed by atoms with Crippen molar-refractivity contribution in [1.82, 2.24) is 31.1 Å². The second-order valence-electron chi connectivity index (χ2n) is 16.4. The van der Waals surface area contributed by atoms with Crippen molar-refractivity contribution >= 4 is 59.1 Å². The highest BCUT2D eigenvalue weighted by Gasteiger charge is 2.42. The van der Waals surface area contributed by atoms with Crippen LogP contribution in [0.3, 0.4) is 0 Å². The molecule has 1 aromatic carbocycles. The molecule has 18 heteroatoms. The van der Waals surface area contributed by atoms with Crippen molar-refractivity contribution in [3.8, 4) is 0 Å². The Morgan fingerprint density at radius 1 is 0.983 bits per heavy atom. The second kappa shape index (κ2) is 21.3. The number of hydrogen-bond acceptors (Lipinski definition) is 11. The number of carboxylic acid groups (broad SMARTS) is 2. The summed E-state index contributed by atoms with van der Waals surface area (Å²) < 4.78 is 0. The van der Waals surface area contributed by atoms with E-state index in [1.165, 1.54) is 11.8 Å². The minimum atomic E-state index is -1.53. The van der Waals surface area contributed by atoms with Gasteiger partial charge < -0.3 is 42.1 Å². The van der Waals surface area contributed by atoms with E-state index >= 15 is 0 Å². The quantitative estimate of drug-likeness (QED) is 0.0671. The van der Waals surface area contributed by atoms with Gasteiger partial charge >= 0.3 is 11.9 Å². The molecule has 1 heterocycles. The predicted octanol–water partition coefficient (Wildman–Crippen LogP) is 0.861. The van der Waals surface area contributed by atoms with Crippen molar-refractivity contribution < 1.29 is 48.6 Å². The van der Waals surface area contributed by atoms with Crippen molar-refractivity contribution in [3.63, 3.8) is 0 Å². The Balaban J connectivity index is 2.19. The zero-order valence-corrected chi connectivity index (χ0v) is 35.9. The number of rotatable bonds is 21. The molecule has 17 nitrogen and oxygen atoms in total. The van der Waals surface area contributed by atoms with Gasteiger partial charge in [-0.3, -0.25) is 43.3 Å². The number of imide groups is 1. The third-order valence-corrected chi connectivity index (χ3v) is 11.4. The van der Waals surface area contributed by atoms with E-state index < -0.39 is 94.2 Å². The number of benzene rings is 1. The Morgan fingerprint density at radius 2 is 1.59 bits per heavy atom. The molecule has 322 valence electrons. The van der Waals surface area contributed by atoms with E-state index in [0.717, 1.165) is 22.2 Å². The summed E-state index contributed by atoms with van der Waals surface area (Å²) in [6.07, 6.45) is 0.607. The normalized spacial score (nSPS) is 17.6. The van der Waals surface area contributed by atoms with Gasteiger partial charge in [0.15, 0.2) is 0 Å². The number of likely N-dealkylation sites (N-methyl/N-ethyl adjacent to an activating group) is 2. The lowest BCUT2D eigenvalue weighted by Gasteiger charge is -2.40. The fourth-order valence-corrected chi connectivity index (χ4v) is 7.65. The summed E-state index contributed by atoms with van der Waals surface area (Å²) >= 11 is 0.948. The molecule has 1 saturated heterocycles. The van der Waals surface area contributed by atoms with Gasteiger partial charge in [0, 0.05) is 43.3 Å². The van der Waals surface area contributed by atoms with Gasteiger partial charge in [0.25, 0.3) is 0 Å². The molecule has 2 rings (SSSR count). The molecule has 0 aliphatic carbocycles. The van der Waals surface area contributed by atoms with Crippen molar-refractivity contribution in [3.05, 3.63) is 47.5 Å².